The second-order valence-electron chi connectivity index (χ2n) is 7.47. The van der Waals surface area contributed by atoms with Crippen molar-refractivity contribution in [1.82, 2.24) is 25.9 Å². The van der Waals surface area contributed by atoms with Crippen LogP contribution in [0.3, 0.4) is 0 Å². The van der Waals surface area contributed by atoms with Crippen LogP contribution in [0.1, 0.15) is 60.1 Å². The number of furan rings is 1. The lowest BCUT2D eigenvalue weighted by molar-refractivity contribution is -0.121. The fraction of sp³-hybridized carbons (Fsp3) is 0.348. The van der Waals surface area contributed by atoms with Crippen LogP contribution in [0.25, 0.3) is 10.8 Å². The molecule has 2 aromatic heterocycles. The molecule has 0 aliphatic rings. The summed E-state index contributed by atoms with van der Waals surface area (Å²) in [4.78, 5) is 49.3. The van der Waals surface area contributed by atoms with Crippen molar-refractivity contribution in [3.8, 4) is 0 Å². The number of rotatable bonds is 10. The van der Waals surface area contributed by atoms with Crippen molar-refractivity contribution in [3.63, 3.8) is 0 Å². The first-order valence-corrected chi connectivity index (χ1v) is 10.9. The predicted octanol–water partition coefficient (Wildman–Crippen LogP) is 2.15. The molecule has 0 atom stereocenters. The number of nitrogens with one attached hydrogen (secondary N) is 3. The van der Waals surface area contributed by atoms with Crippen LogP contribution < -0.4 is 21.7 Å². The molecule has 0 spiro atoms. The van der Waals surface area contributed by atoms with Gasteiger partial charge in [0.1, 0.15) is 0 Å². The Morgan fingerprint density at radius 3 is 2.48 bits per heavy atom. The van der Waals surface area contributed by atoms with Gasteiger partial charge >= 0.3 is 0 Å². The minimum Gasteiger partial charge on any atom is -0.459 e. The van der Waals surface area contributed by atoms with Gasteiger partial charge in [0.25, 0.3) is 17.4 Å². The van der Waals surface area contributed by atoms with Gasteiger partial charge in [0.05, 0.1) is 11.6 Å². The number of aromatic nitrogens is 2. The van der Waals surface area contributed by atoms with E-state index in [0.29, 0.717) is 23.7 Å². The van der Waals surface area contributed by atoms with Gasteiger partial charge in [-0.3, -0.25) is 30.0 Å². The van der Waals surface area contributed by atoms with Crippen molar-refractivity contribution < 1.29 is 18.8 Å². The summed E-state index contributed by atoms with van der Waals surface area (Å²) < 4.78 is 6.29. The molecule has 3 N–H and O–H groups in total. The Balaban J connectivity index is 1.56. The molecule has 0 bridgehead atoms. The third kappa shape index (κ3) is 6.28. The zero-order chi connectivity index (χ0) is 23.6. The topological polar surface area (TPSA) is 135 Å². The van der Waals surface area contributed by atoms with Crippen LogP contribution in [0, 0.1) is 0 Å². The van der Waals surface area contributed by atoms with Crippen molar-refractivity contribution in [1.29, 1.82) is 0 Å². The van der Waals surface area contributed by atoms with E-state index in [4.69, 9.17) is 4.42 Å². The molecule has 174 valence electrons. The quantitative estimate of drug-likeness (QED) is 0.318. The average Bonchev–Trinajstić information content (AvgIpc) is 3.37. The van der Waals surface area contributed by atoms with Gasteiger partial charge in [-0.2, -0.15) is 5.10 Å². The second kappa shape index (κ2) is 11.6. The number of fused-ring (bicyclic) bond motifs is 1. The Labute approximate surface area is 190 Å². The first kappa shape index (κ1) is 23.7. The van der Waals surface area contributed by atoms with Crippen LogP contribution >= 0.6 is 0 Å². The van der Waals surface area contributed by atoms with E-state index in [0.717, 1.165) is 19.3 Å². The van der Waals surface area contributed by atoms with Gasteiger partial charge < -0.3 is 9.73 Å². The maximum absolute atomic E-state index is 12.7. The highest BCUT2D eigenvalue weighted by Crippen LogP contribution is 2.13. The number of hydrazine groups is 1. The molecule has 0 radical (unpaired) electrons. The fourth-order valence-electron chi connectivity index (χ4n) is 3.26. The van der Waals surface area contributed by atoms with Crippen LogP contribution in [0.4, 0.5) is 0 Å². The van der Waals surface area contributed by atoms with Gasteiger partial charge in [0, 0.05) is 24.9 Å². The van der Waals surface area contributed by atoms with Crippen molar-refractivity contribution in [2.75, 3.05) is 6.54 Å². The Morgan fingerprint density at radius 1 is 0.970 bits per heavy atom. The maximum atomic E-state index is 12.7. The number of unbranched alkanes of at least 4 members (excludes halogenated alkanes) is 2. The highest BCUT2D eigenvalue weighted by molar-refractivity contribution is 6.05. The Kier molecular flexibility index (Phi) is 8.34. The van der Waals surface area contributed by atoms with Gasteiger partial charge in [-0.1, -0.05) is 38.0 Å². The summed E-state index contributed by atoms with van der Waals surface area (Å²) in [5.74, 6) is -1.20. The van der Waals surface area contributed by atoms with E-state index < -0.39 is 11.8 Å². The molecule has 3 amide bonds. The first-order valence-electron chi connectivity index (χ1n) is 10.9. The monoisotopic (exact) mass is 453 g/mol. The first-order chi connectivity index (χ1) is 16.0. The van der Waals surface area contributed by atoms with Crippen LogP contribution in [0.15, 0.2) is 51.9 Å². The molecule has 0 aliphatic carbocycles. The van der Waals surface area contributed by atoms with E-state index in [-0.39, 0.29) is 35.9 Å². The SMILES string of the molecule is CCCCCn1nc(C(=O)NNC(=O)CCCNC(=O)c2ccco2)c2ccccc2c1=O. The van der Waals surface area contributed by atoms with Crippen molar-refractivity contribution in [3.05, 3.63) is 64.5 Å². The summed E-state index contributed by atoms with van der Waals surface area (Å²) >= 11 is 0. The number of benzene rings is 1. The van der Waals surface area contributed by atoms with Crippen molar-refractivity contribution in [2.24, 2.45) is 0 Å². The molecular formula is C23H27N5O5. The van der Waals surface area contributed by atoms with E-state index in [1.807, 2.05) is 0 Å². The van der Waals surface area contributed by atoms with Crippen molar-refractivity contribution in [2.45, 2.75) is 45.6 Å². The van der Waals surface area contributed by atoms with Gasteiger partial charge in [0.15, 0.2) is 11.5 Å². The van der Waals surface area contributed by atoms with Crippen LogP contribution in [-0.4, -0.2) is 34.0 Å². The molecule has 0 aliphatic heterocycles. The van der Waals surface area contributed by atoms with E-state index in [2.05, 4.69) is 28.2 Å². The zero-order valence-electron chi connectivity index (χ0n) is 18.4. The number of carbonyl (C=O) groups excluding carboxylic acids is 3. The third-order valence-corrected chi connectivity index (χ3v) is 4.98. The molecule has 0 saturated carbocycles. The predicted molar refractivity (Wildman–Crippen MR) is 121 cm³/mol. The summed E-state index contributed by atoms with van der Waals surface area (Å²) in [6.45, 7) is 2.74. The second-order valence-corrected chi connectivity index (χ2v) is 7.47. The molecule has 33 heavy (non-hydrogen) atoms. The molecule has 3 aromatic rings. The number of hydrogen-bond donors (Lipinski definition) is 3. The fourth-order valence-corrected chi connectivity index (χ4v) is 3.26. The van der Waals surface area contributed by atoms with Gasteiger partial charge in [-0.05, 0) is 31.0 Å². The smallest absolute Gasteiger partial charge is 0.290 e. The maximum Gasteiger partial charge on any atom is 0.290 e. The molecule has 3 rings (SSSR count). The molecule has 10 heteroatoms. The number of amides is 3. The summed E-state index contributed by atoms with van der Waals surface area (Å²) in [6.07, 6.45) is 4.58. The minimum absolute atomic E-state index is 0.0627. The zero-order valence-corrected chi connectivity index (χ0v) is 18.4. The average molecular weight is 453 g/mol. The van der Waals surface area contributed by atoms with Gasteiger partial charge in [-0.15, -0.1) is 0 Å². The van der Waals surface area contributed by atoms with Crippen LogP contribution in [-0.2, 0) is 11.3 Å². The molecule has 0 unspecified atom stereocenters. The number of carbonyl (C=O) groups is 3. The highest BCUT2D eigenvalue weighted by atomic mass is 16.3. The normalized spacial score (nSPS) is 10.7. The minimum atomic E-state index is -0.616. The Morgan fingerprint density at radius 2 is 1.76 bits per heavy atom. The summed E-state index contributed by atoms with van der Waals surface area (Å²) in [7, 11) is 0. The lowest BCUT2D eigenvalue weighted by Crippen LogP contribution is -2.43. The number of hydrogen-bond acceptors (Lipinski definition) is 6. The van der Waals surface area contributed by atoms with E-state index >= 15 is 0 Å². The van der Waals surface area contributed by atoms with E-state index in [1.54, 1.807) is 36.4 Å². The summed E-state index contributed by atoms with van der Waals surface area (Å²) in [6, 6.07) is 9.91. The molecule has 10 nitrogen and oxygen atoms in total. The molecule has 2 heterocycles. The largest absolute Gasteiger partial charge is 0.459 e. The lowest BCUT2D eigenvalue weighted by Gasteiger charge is -2.12. The highest BCUT2D eigenvalue weighted by Gasteiger charge is 2.17. The van der Waals surface area contributed by atoms with E-state index in [1.165, 1.54) is 10.9 Å². The van der Waals surface area contributed by atoms with Crippen LogP contribution in [0.5, 0.6) is 0 Å². The van der Waals surface area contributed by atoms with Crippen molar-refractivity contribution >= 4 is 28.5 Å². The molecular weight excluding hydrogens is 426 g/mol. The summed E-state index contributed by atoms with van der Waals surface area (Å²) in [5, 5.41) is 7.71. The van der Waals surface area contributed by atoms with Crippen LogP contribution in [0.2, 0.25) is 0 Å². The van der Waals surface area contributed by atoms with Gasteiger partial charge in [-0.25, -0.2) is 4.68 Å². The number of nitrogens with zero attached hydrogens (tertiary/aromatic N) is 2. The molecule has 1 aromatic carbocycles. The van der Waals surface area contributed by atoms with Gasteiger partial charge in [0.2, 0.25) is 5.91 Å². The molecule has 0 saturated heterocycles. The lowest BCUT2D eigenvalue weighted by atomic mass is 10.1. The number of aryl methyl sites for hydroxylation is 1. The summed E-state index contributed by atoms with van der Waals surface area (Å²) in [5.41, 5.74) is 4.52. The standard InChI is InChI=1S/C23H27N5O5/c1-2-3-6-14-28-23(32)17-10-5-4-9-16(17)20(27-28)22(31)26-25-19(29)12-7-13-24-21(30)18-11-8-15-33-18/h4-5,8-11,15H,2-3,6-7,12-14H2,1H3,(H,24,30)(H,25,29)(H,26,31). The van der Waals surface area contributed by atoms with E-state index in [9.17, 15) is 19.2 Å². The Bertz CT molecular complexity index is 1170. The molecule has 0 fully saturated rings. The Hall–Kier alpha value is -3.95. The third-order valence-electron chi connectivity index (χ3n) is 4.98.